The van der Waals surface area contributed by atoms with Gasteiger partial charge in [-0.3, -0.25) is 9.59 Å². The van der Waals surface area contributed by atoms with Crippen LogP contribution in [0, 0.1) is 5.92 Å². The van der Waals surface area contributed by atoms with Gasteiger partial charge in [0.25, 0.3) is 0 Å². The molecule has 0 radical (unpaired) electrons. The van der Waals surface area contributed by atoms with Gasteiger partial charge in [0.2, 0.25) is 5.91 Å². The van der Waals surface area contributed by atoms with Gasteiger partial charge in [-0.05, 0) is 19.3 Å². The Balaban J connectivity index is 4.38. The third-order valence-electron chi connectivity index (χ3n) is 3.05. The van der Waals surface area contributed by atoms with Crippen LogP contribution in [0.1, 0.15) is 65.7 Å². The number of carbonyl (C=O) groups is 2. The molecule has 0 saturated heterocycles. The molecule has 0 aliphatic rings. The molecule has 0 saturated carbocycles. The SMILES string of the molecule is CCCC(CC(=O)O)NC(=O)C(CCC)CCC. The summed E-state index contributed by atoms with van der Waals surface area (Å²) in [5.41, 5.74) is 0. The van der Waals surface area contributed by atoms with Crippen LogP contribution in [0.3, 0.4) is 0 Å². The number of amides is 1. The molecule has 1 atom stereocenters. The number of hydrogen-bond donors (Lipinski definition) is 2. The summed E-state index contributed by atoms with van der Waals surface area (Å²) in [7, 11) is 0. The van der Waals surface area contributed by atoms with Gasteiger partial charge in [-0.2, -0.15) is 0 Å². The molecule has 0 rings (SSSR count). The molecule has 106 valence electrons. The Hall–Kier alpha value is -1.06. The summed E-state index contributed by atoms with van der Waals surface area (Å²) in [5.74, 6) is -0.789. The molecule has 1 unspecified atom stereocenters. The van der Waals surface area contributed by atoms with Gasteiger partial charge >= 0.3 is 5.97 Å². The molecule has 0 aromatic carbocycles. The molecule has 0 aromatic rings. The van der Waals surface area contributed by atoms with E-state index in [1.54, 1.807) is 0 Å². The third kappa shape index (κ3) is 7.30. The standard InChI is InChI=1S/C14H27NO3/c1-4-7-11(8-5-2)14(18)15-12(9-6-3)10-13(16)17/h11-12H,4-10H2,1-3H3,(H,15,18)(H,16,17). The first-order valence-corrected chi connectivity index (χ1v) is 7.07. The smallest absolute Gasteiger partial charge is 0.305 e. The quantitative estimate of drug-likeness (QED) is 0.632. The molecule has 0 spiro atoms. The Morgan fingerprint density at radius 1 is 1.00 bits per heavy atom. The number of carboxylic acids is 1. The highest BCUT2D eigenvalue weighted by atomic mass is 16.4. The maximum atomic E-state index is 12.1. The third-order valence-corrected chi connectivity index (χ3v) is 3.05. The summed E-state index contributed by atoms with van der Waals surface area (Å²) in [6.45, 7) is 6.13. The number of hydrogen-bond acceptors (Lipinski definition) is 2. The fourth-order valence-corrected chi connectivity index (χ4v) is 2.21. The monoisotopic (exact) mass is 257 g/mol. The highest BCUT2D eigenvalue weighted by Gasteiger charge is 2.21. The zero-order chi connectivity index (χ0) is 14.0. The second-order valence-electron chi connectivity index (χ2n) is 4.87. The van der Waals surface area contributed by atoms with E-state index in [2.05, 4.69) is 19.2 Å². The summed E-state index contributed by atoms with van der Waals surface area (Å²) < 4.78 is 0. The highest BCUT2D eigenvalue weighted by molar-refractivity contribution is 5.79. The first kappa shape index (κ1) is 16.9. The lowest BCUT2D eigenvalue weighted by atomic mass is 9.96. The van der Waals surface area contributed by atoms with Crippen molar-refractivity contribution in [3.05, 3.63) is 0 Å². The van der Waals surface area contributed by atoms with Gasteiger partial charge in [-0.25, -0.2) is 0 Å². The fraction of sp³-hybridized carbons (Fsp3) is 0.857. The van der Waals surface area contributed by atoms with Crippen molar-refractivity contribution in [3.8, 4) is 0 Å². The van der Waals surface area contributed by atoms with Gasteiger partial charge in [-0.1, -0.05) is 40.0 Å². The molecule has 2 N–H and O–H groups in total. The van der Waals surface area contributed by atoms with E-state index in [0.717, 1.165) is 38.5 Å². The van der Waals surface area contributed by atoms with Crippen molar-refractivity contribution in [2.45, 2.75) is 71.8 Å². The van der Waals surface area contributed by atoms with Crippen molar-refractivity contribution < 1.29 is 14.7 Å². The second kappa shape index (κ2) is 9.92. The van der Waals surface area contributed by atoms with Crippen LogP contribution < -0.4 is 5.32 Å². The summed E-state index contributed by atoms with van der Waals surface area (Å²) >= 11 is 0. The minimum absolute atomic E-state index is 0.0184. The number of carboxylic acid groups (broad SMARTS) is 1. The maximum Gasteiger partial charge on any atom is 0.305 e. The van der Waals surface area contributed by atoms with E-state index in [1.165, 1.54) is 0 Å². The molecule has 0 fully saturated rings. The molecule has 4 heteroatoms. The Bertz CT molecular complexity index is 247. The van der Waals surface area contributed by atoms with Crippen molar-refractivity contribution in [2.75, 3.05) is 0 Å². The molecule has 1 amide bonds. The van der Waals surface area contributed by atoms with Crippen LogP contribution in [-0.4, -0.2) is 23.0 Å². The van der Waals surface area contributed by atoms with E-state index >= 15 is 0 Å². The predicted molar refractivity (Wildman–Crippen MR) is 72.4 cm³/mol. The zero-order valence-corrected chi connectivity index (χ0v) is 11.9. The second-order valence-corrected chi connectivity index (χ2v) is 4.87. The van der Waals surface area contributed by atoms with E-state index in [4.69, 9.17) is 5.11 Å². The van der Waals surface area contributed by atoms with E-state index in [0.29, 0.717) is 0 Å². The topological polar surface area (TPSA) is 66.4 Å². The first-order valence-electron chi connectivity index (χ1n) is 7.07. The Morgan fingerprint density at radius 3 is 1.89 bits per heavy atom. The van der Waals surface area contributed by atoms with E-state index in [9.17, 15) is 9.59 Å². The van der Waals surface area contributed by atoms with Crippen molar-refractivity contribution in [3.63, 3.8) is 0 Å². The Morgan fingerprint density at radius 2 is 1.50 bits per heavy atom. The van der Waals surface area contributed by atoms with Gasteiger partial charge in [0.1, 0.15) is 0 Å². The van der Waals surface area contributed by atoms with Gasteiger partial charge < -0.3 is 10.4 Å². The first-order chi connectivity index (χ1) is 8.54. The molecular formula is C14H27NO3. The molecule has 0 heterocycles. The number of aliphatic carboxylic acids is 1. The van der Waals surface area contributed by atoms with Crippen LogP contribution >= 0.6 is 0 Å². The molecule has 0 aromatic heterocycles. The van der Waals surface area contributed by atoms with Gasteiger partial charge in [0.05, 0.1) is 6.42 Å². The van der Waals surface area contributed by atoms with Crippen LogP contribution in [-0.2, 0) is 9.59 Å². The van der Waals surface area contributed by atoms with Gasteiger partial charge in [-0.15, -0.1) is 0 Å². The normalized spacial score (nSPS) is 12.4. The van der Waals surface area contributed by atoms with Gasteiger partial charge in [0, 0.05) is 12.0 Å². The molecule has 18 heavy (non-hydrogen) atoms. The Labute approximate surface area is 110 Å². The van der Waals surface area contributed by atoms with Crippen molar-refractivity contribution >= 4 is 11.9 Å². The molecule has 4 nitrogen and oxygen atoms in total. The maximum absolute atomic E-state index is 12.1. The lowest BCUT2D eigenvalue weighted by molar-refractivity contribution is -0.138. The average Bonchev–Trinajstić information content (AvgIpc) is 2.28. The summed E-state index contributed by atoms with van der Waals surface area (Å²) in [5, 5.41) is 11.7. The van der Waals surface area contributed by atoms with Gasteiger partial charge in [0.15, 0.2) is 0 Å². The van der Waals surface area contributed by atoms with E-state index in [1.807, 2.05) is 6.92 Å². The Kier molecular flexibility index (Phi) is 9.33. The van der Waals surface area contributed by atoms with Crippen LogP contribution in [0.2, 0.25) is 0 Å². The largest absolute Gasteiger partial charge is 0.481 e. The molecule has 0 bridgehead atoms. The number of carbonyl (C=O) groups excluding carboxylic acids is 1. The van der Waals surface area contributed by atoms with Crippen LogP contribution in [0.15, 0.2) is 0 Å². The summed E-state index contributed by atoms with van der Waals surface area (Å²) in [4.78, 5) is 22.8. The average molecular weight is 257 g/mol. The van der Waals surface area contributed by atoms with E-state index < -0.39 is 5.97 Å². The summed E-state index contributed by atoms with van der Waals surface area (Å²) in [6.07, 6.45) is 5.35. The van der Waals surface area contributed by atoms with Crippen LogP contribution in [0.4, 0.5) is 0 Å². The zero-order valence-electron chi connectivity index (χ0n) is 11.9. The fourth-order valence-electron chi connectivity index (χ4n) is 2.21. The van der Waals surface area contributed by atoms with E-state index in [-0.39, 0.29) is 24.3 Å². The molecule has 0 aliphatic carbocycles. The van der Waals surface area contributed by atoms with Crippen molar-refractivity contribution in [1.82, 2.24) is 5.32 Å². The summed E-state index contributed by atoms with van der Waals surface area (Å²) in [6, 6.07) is -0.226. The number of nitrogens with one attached hydrogen (secondary N) is 1. The molecular weight excluding hydrogens is 230 g/mol. The molecule has 0 aliphatic heterocycles. The highest BCUT2D eigenvalue weighted by Crippen LogP contribution is 2.14. The number of rotatable bonds is 10. The van der Waals surface area contributed by atoms with Crippen LogP contribution in [0.5, 0.6) is 0 Å². The lowest BCUT2D eigenvalue weighted by Gasteiger charge is -2.21. The van der Waals surface area contributed by atoms with Crippen molar-refractivity contribution in [1.29, 1.82) is 0 Å². The van der Waals surface area contributed by atoms with Crippen LogP contribution in [0.25, 0.3) is 0 Å². The predicted octanol–water partition coefficient (Wildman–Crippen LogP) is 2.96. The minimum Gasteiger partial charge on any atom is -0.481 e. The lowest BCUT2D eigenvalue weighted by Crippen LogP contribution is -2.40. The van der Waals surface area contributed by atoms with Crippen molar-refractivity contribution in [2.24, 2.45) is 5.92 Å². The minimum atomic E-state index is -0.851.